The minimum absolute atomic E-state index is 0.00363. The highest BCUT2D eigenvalue weighted by atomic mass is 19.1. The molecular formula is C13H15F2N3. The number of nitrogens with one attached hydrogen (secondary N) is 1. The predicted molar refractivity (Wildman–Crippen MR) is 65.4 cm³/mol. The molecule has 1 aromatic carbocycles. The lowest BCUT2D eigenvalue weighted by atomic mass is 10.0. The summed E-state index contributed by atoms with van der Waals surface area (Å²) in [5.41, 5.74) is -0.0494. The summed E-state index contributed by atoms with van der Waals surface area (Å²) in [7, 11) is 1.69. The van der Waals surface area contributed by atoms with Gasteiger partial charge in [-0.25, -0.2) is 8.78 Å². The summed E-state index contributed by atoms with van der Waals surface area (Å²) in [6, 6.07) is 3.97. The van der Waals surface area contributed by atoms with Crippen LogP contribution in [0.25, 0.3) is 0 Å². The van der Waals surface area contributed by atoms with Crippen molar-refractivity contribution in [1.29, 1.82) is 5.26 Å². The summed E-state index contributed by atoms with van der Waals surface area (Å²) in [5, 5.41) is 11.9. The molecule has 1 saturated heterocycles. The second-order valence-electron chi connectivity index (χ2n) is 4.51. The smallest absolute Gasteiger partial charge is 0.150 e. The highest BCUT2D eigenvalue weighted by molar-refractivity contribution is 5.53. The number of halogens is 2. The number of benzene rings is 1. The third kappa shape index (κ3) is 2.44. The molecule has 0 aliphatic carbocycles. The summed E-state index contributed by atoms with van der Waals surface area (Å²) in [5.74, 6) is -1.36. The summed E-state index contributed by atoms with van der Waals surface area (Å²) < 4.78 is 27.7. The molecule has 0 radical (unpaired) electrons. The van der Waals surface area contributed by atoms with Crippen LogP contribution >= 0.6 is 0 Å². The van der Waals surface area contributed by atoms with Crippen LogP contribution < -0.4 is 10.2 Å². The molecule has 1 aromatic rings. The van der Waals surface area contributed by atoms with E-state index in [1.807, 2.05) is 0 Å². The number of hydrogen-bond acceptors (Lipinski definition) is 3. The van der Waals surface area contributed by atoms with Gasteiger partial charge in [0, 0.05) is 19.6 Å². The lowest BCUT2D eigenvalue weighted by molar-refractivity contribution is 0.436. The van der Waals surface area contributed by atoms with Crippen LogP contribution in [-0.2, 0) is 0 Å². The zero-order valence-electron chi connectivity index (χ0n) is 10.2. The van der Waals surface area contributed by atoms with Crippen LogP contribution in [0.5, 0.6) is 0 Å². The van der Waals surface area contributed by atoms with Crippen LogP contribution in [0.3, 0.4) is 0 Å². The first-order valence-electron chi connectivity index (χ1n) is 5.96. The van der Waals surface area contributed by atoms with Gasteiger partial charge in [-0.05, 0) is 31.5 Å². The molecule has 1 aliphatic heterocycles. The van der Waals surface area contributed by atoms with E-state index in [9.17, 15) is 8.78 Å². The fourth-order valence-electron chi connectivity index (χ4n) is 2.31. The molecule has 96 valence electrons. The van der Waals surface area contributed by atoms with Crippen molar-refractivity contribution in [3.63, 3.8) is 0 Å². The lowest BCUT2D eigenvalue weighted by Gasteiger charge is -2.33. The maximum absolute atomic E-state index is 13.9. The second kappa shape index (κ2) is 5.32. The number of likely N-dealkylation sites (N-methyl/N-ethyl adjacent to an activating group) is 1. The molecule has 0 bridgehead atoms. The SMILES string of the molecule is CN(c1c(F)cc(C#N)cc1F)C1CCCNC1. The summed E-state index contributed by atoms with van der Waals surface area (Å²) >= 11 is 0. The Kier molecular flexibility index (Phi) is 3.78. The van der Waals surface area contributed by atoms with Gasteiger partial charge in [-0.15, -0.1) is 0 Å². The zero-order chi connectivity index (χ0) is 13.1. The molecule has 0 amide bonds. The molecule has 0 aromatic heterocycles. The monoisotopic (exact) mass is 251 g/mol. The number of rotatable bonds is 2. The quantitative estimate of drug-likeness (QED) is 0.874. The number of anilines is 1. The van der Waals surface area contributed by atoms with Crippen molar-refractivity contribution in [2.75, 3.05) is 25.0 Å². The van der Waals surface area contributed by atoms with Gasteiger partial charge in [-0.3, -0.25) is 0 Å². The molecule has 2 rings (SSSR count). The molecule has 3 nitrogen and oxygen atoms in total. The molecule has 1 N–H and O–H groups in total. The average Bonchev–Trinajstić information content (AvgIpc) is 2.38. The largest absolute Gasteiger partial charge is 0.366 e. The zero-order valence-corrected chi connectivity index (χ0v) is 10.2. The maximum Gasteiger partial charge on any atom is 0.150 e. The van der Waals surface area contributed by atoms with Crippen LogP contribution in [0, 0.1) is 23.0 Å². The van der Waals surface area contributed by atoms with Crippen LogP contribution in [0.1, 0.15) is 18.4 Å². The second-order valence-corrected chi connectivity index (χ2v) is 4.51. The number of hydrogen-bond donors (Lipinski definition) is 1. The highest BCUT2D eigenvalue weighted by Crippen LogP contribution is 2.26. The van der Waals surface area contributed by atoms with Crippen LogP contribution in [-0.4, -0.2) is 26.2 Å². The van der Waals surface area contributed by atoms with Gasteiger partial charge in [0.2, 0.25) is 0 Å². The fraction of sp³-hybridized carbons (Fsp3) is 0.462. The predicted octanol–water partition coefficient (Wildman–Crippen LogP) is 2.02. The molecule has 0 saturated carbocycles. The summed E-state index contributed by atoms with van der Waals surface area (Å²) in [4.78, 5) is 1.62. The highest BCUT2D eigenvalue weighted by Gasteiger charge is 2.23. The van der Waals surface area contributed by atoms with E-state index in [0.29, 0.717) is 0 Å². The summed E-state index contributed by atoms with van der Waals surface area (Å²) in [6.07, 6.45) is 1.90. The van der Waals surface area contributed by atoms with Crippen molar-refractivity contribution >= 4 is 5.69 Å². The molecule has 1 heterocycles. The summed E-state index contributed by atoms with van der Waals surface area (Å²) in [6.45, 7) is 1.66. The average molecular weight is 251 g/mol. The van der Waals surface area contributed by atoms with Crippen molar-refractivity contribution < 1.29 is 8.78 Å². The minimum atomic E-state index is -0.681. The molecular weight excluding hydrogens is 236 g/mol. The van der Waals surface area contributed by atoms with E-state index in [1.165, 1.54) is 0 Å². The van der Waals surface area contributed by atoms with E-state index >= 15 is 0 Å². The van der Waals surface area contributed by atoms with Gasteiger partial charge in [-0.1, -0.05) is 0 Å². The fourth-order valence-corrected chi connectivity index (χ4v) is 2.31. The third-order valence-electron chi connectivity index (χ3n) is 3.32. The molecule has 1 aliphatic rings. The Morgan fingerprint density at radius 3 is 2.56 bits per heavy atom. The maximum atomic E-state index is 13.9. The van der Waals surface area contributed by atoms with Crippen LogP contribution in [0.2, 0.25) is 0 Å². The first-order chi connectivity index (χ1) is 8.63. The van der Waals surface area contributed by atoms with Crippen molar-refractivity contribution in [1.82, 2.24) is 5.32 Å². The van der Waals surface area contributed by atoms with Crippen LogP contribution in [0.4, 0.5) is 14.5 Å². The van der Waals surface area contributed by atoms with Crippen molar-refractivity contribution in [2.24, 2.45) is 0 Å². The molecule has 1 fully saturated rings. The van der Waals surface area contributed by atoms with Gasteiger partial charge in [-0.2, -0.15) is 5.26 Å². The number of piperidine rings is 1. The van der Waals surface area contributed by atoms with Gasteiger partial charge >= 0.3 is 0 Å². The Hall–Kier alpha value is -1.67. The first-order valence-corrected chi connectivity index (χ1v) is 5.96. The van der Waals surface area contributed by atoms with Crippen molar-refractivity contribution in [3.8, 4) is 6.07 Å². The normalized spacial score (nSPS) is 19.3. The van der Waals surface area contributed by atoms with E-state index in [2.05, 4.69) is 5.32 Å². The Bertz CT molecular complexity index is 453. The number of nitriles is 1. The van der Waals surface area contributed by atoms with E-state index in [0.717, 1.165) is 38.1 Å². The van der Waals surface area contributed by atoms with Crippen molar-refractivity contribution in [2.45, 2.75) is 18.9 Å². The van der Waals surface area contributed by atoms with Gasteiger partial charge in [0.05, 0.1) is 11.6 Å². The Labute approximate surface area is 105 Å². The topological polar surface area (TPSA) is 39.1 Å². The van der Waals surface area contributed by atoms with Crippen LogP contribution in [0.15, 0.2) is 12.1 Å². The van der Waals surface area contributed by atoms with E-state index < -0.39 is 11.6 Å². The van der Waals surface area contributed by atoms with E-state index in [1.54, 1.807) is 18.0 Å². The Balaban J connectivity index is 2.29. The standard InChI is InChI=1S/C13H15F2N3/c1-18(10-3-2-4-17-8-10)13-11(14)5-9(7-16)6-12(13)15/h5-6,10,17H,2-4,8H2,1H3. The molecule has 1 unspecified atom stereocenters. The van der Waals surface area contributed by atoms with Gasteiger partial charge in [0.25, 0.3) is 0 Å². The molecule has 1 atom stereocenters. The Morgan fingerprint density at radius 1 is 1.39 bits per heavy atom. The molecule has 0 spiro atoms. The van der Waals surface area contributed by atoms with E-state index in [-0.39, 0.29) is 17.3 Å². The lowest BCUT2D eigenvalue weighted by Crippen LogP contribution is -2.44. The first kappa shape index (κ1) is 12.8. The third-order valence-corrected chi connectivity index (χ3v) is 3.32. The van der Waals surface area contributed by atoms with Gasteiger partial charge < -0.3 is 10.2 Å². The van der Waals surface area contributed by atoms with Gasteiger partial charge in [0.15, 0.2) is 11.6 Å². The molecule has 5 heteroatoms. The van der Waals surface area contributed by atoms with E-state index in [4.69, 9.17) is 5.26 Å². The Morgan fingerprint density at radius 2 is 2.06 bits per heavy atom. The minimum Gasteiger partial charge on any atom is -0.366 e. The van der Waals surface area contributed by atoms with Gasteiger partial charge in [0.1, 0.15) is 5.69 Å². The molecule has 18 heavy (non-hydrogen) atoms. The number of nitrogens with zero attached hydrogens (tertiary/aromatic N) is 2. The van der Waals surface area contributed by atoms with Crippen molar-refractivity contribution in [3.05, 3.63) is 29.3 Å².